The molecule has 0 fully saturated rings. The molecule has 20 heavy (non-hydrogen) atoms. The monoisotopic (exact) mass is 334 g/mol. The maximum atomic E-state index is 13.4. The Labute approximate surface area is 126 Å². The third-order valence-corrected chi connectivity index (χ3v) is 4.42. The van der Waals surface area contributed by atoms with Crippen LogP contribution in [0.1, 0.15) is 24.1 Å². The molecule has 4 heteroatoms. The first-order valence-electron chi connectivity index (χ1n) is 6.67. The van der Waals surface area contributed by atoms with Gasteiger partial charge in [-0.3, -0.25) is 0 Å². The number of rotatable bonds is 2. The van der Waals surface area contributed by atoms with Crippen molar-refractivity contribution >= 4 is 27.3 Å². The van der Waals surface area contributed by atoms with E-state index in [0.717, 1.165) is 34.4 Å². The number of benzene rings is 2. The van der Waals surface area contributed by atoms with Gasteiger partial charge in [0.2, 0.25) is 0 Å². The minimum atomic E-state index is -0.193. The van der Waals surface area contributed by atoms with E-state index < -0.39 is 0 Å². The van der Waals surface area contributed by atoms with Crippen LogP contribution in [-0.4, -0.2) is 6.54 Å². The van der Waals surface area contributed by atoms with Gasteiger partial charge in [-0.1, -0.05) is 28.1 Å². The van der Waals surface area contributed by atoms with E-state index in [1.807, 2.05) is 25.1 Å². The van der Waals surface area contributed by atoms with Crippen molar-refractivity contribution in [1.29, 1.82) is 0 Å². The third-order valence-electron chi connectivity index (χ3n) is 3.73. The van der Waals surface area contributed by atoms with E-state index in [-0.39, 0.29) is 11.9 Å². The van der Waals surface area contributed by atoms with Crippen LogP contribution in [0.4, 0.5) is 15.8 Å². The average Bonchev–Trinajstić information content (AvgIpc) is 2.81. The third kappa shape index (κ3) is 2.34. The fraction of sp³-hybridized carbons (Fsp3) is 0.250. The molecule has 0 spiro atoms. The Morgan fingerprint density at radius 2 is 2.05 bits per heavy atom. The largest absolute Gasteiger partial charge is 0.341 e. The topological polar surface area (TPSA) is 29.3 Å². The number of nitrogens with two attached hydrogens (primary N) is 1. The number of fused-ring (bicyclic) bond motifs is 1. The van der Waals surface area contributed by atoms with Crippen LogP contribution in [0.5, 0.6) is 0 Å². The molecule has 0 saturated carbocycles. The van der Waals surface area contributed by atoms with Gasteiger partial charge in [0.15, 0.2) is 0 Å². The highest BCUT2D eigenvalue weighted by Gasteiger charge is 2.21. The summed E-state index contributed by atoms with van der Waals surface area (Å²) in [6.07, 6.45) is 0.947. The molecule has 2 aromatic rings. The minimum Gasteiger partial charge on any atom is -0.341 e. The highest BCUT2D eigenvalue weighted by Crippen LogP contribution is 2.37. The summed E-state index contributed by atoms with van der Waals surface area (Å²) < 4.78 is 14.4. The summed E-state index contributed by atoms with van der Waals surface area (Å²) in [7, 11) is 0. The van der Waals surface area contributed by atoms with Crippen molar-refractivity contribution in [2.75, 3.05) is 11.4 Å². The molecule has 0 aliphatic carbocycles. The van der Waals surface area contributed by atoms with Gasteiger partial charge in [0.05, 0.1) is 0 Å². The van der Waals surface area contributed by atoms with Gasteiger partial charge in [-0.25, -0.2) is 4.39 Å². The molecular weight excluding hydrogens is 319 g/mol. The summed E-state index contributed by atoms with van der Waals surface area (Å²) in [5, 5.41) is 0. The molecule has 0 aromatic heterocycles. The van der Waals surface area contributed by atoms with Crippen molar-refractivity contribution < 1.29 is 4.39 Å². The van der Waals surface area contributed by atoms with Crippen LogP contribution >= 0.6 is 15.9 Å². The summed E-state index contributed by atoms with van der Waals surface area (Å²) in [4.78, 5) is 2.15. The molecule has 104 valence electrons. The maximum Gasteiger partial charge on any atom is 0.125 e. The highest BCUT2D eigenvalue weighted by molar-refractivity contribution is 9.10. The second-order valence-electron chi connectivity index (χ2n) is 5.17. The summed E-state index contributed by atoms with van der Waals surface area (Å²) >= 11 is 3.57. The van der Waals surface area contributed by atoms with Gasteiger partial charge in [0.1, 0.15) is 5.82 Å². The summed E-state index contributed by atoms with van der Waals surface area (Å²) in [5.74, 6) is -0.193. The number of nitrogens with zero attached hydrogens (tertiary/aromatic N) is 1. The minimum absolute atomic E-state index is 0.0123. The lowest BCUT2D eigenvalue weighted by molar-refractivity contribution is 0.628. The first-order valence-corrected chi connectivity index (χ1v) is 7.46. The lowest BCUT2D eigenvalue weighted by atomic mass is 10.1. The van der Waals surface area contributed by atoms with E-state index >= 15 is 0 Å². The molecular formula is C16H16BrFN2. The SMILES string of the molecule is CC(N)c1ccc(N2CCc3ccc(F)cc32)cc1Br. The van der Waals surface area contributed by atoms with Crippen LogP contribution < -0.4 is 10.6 Å². The maximum absolute atomic E-state index is 13.4. The van der Waals surface area contributed by atoms with Gasteiger partial charge in [-0.2, -0.15) is 0 Å². The van der Waals surface area contributed by atoms with Crippen LogP contribution in [-0.2, 0) is 6.42 Å². The molecule has 2 nitrogen and oxygen atoms in total. The quantitative estimate of drug-likeness (QED) is 0.886. The lowest BCUT2D eigenvalue weighted by Crippen LogP contribution is -2.14. The molecule has 0 radical (unpaired) electrons. The Hall–Kier alpha value is -1.39. The van der Waals surface area contributed by atoms with E-state index in [1.165, 1.54) is 11.6 Å². The summed E-state index contributed by atoms with van der Waals surface area (Å²) in [5.41, 5.74) is 10.2. The van der Waals surface area contributed by atoms with Gasteiger partial charge in [-0.15, -0.1) is 0 Å². The fourth-order valence-electron chi connectivity index (χ4n) is 2.67. The molecule has 1 heterocycles. The van der Waals surface area contributed by atoms with Gasteiger partial charge in [-0.05, 0) is 48.7 Å². The predicted octanol–water partition coefficient (Wildman–Crippen LogP) is 4.30. The standard InChI is InChI=1S/C16H16BrFN2/c1-10(19)14-5-4-13(9-15(14)17)20-7-6-11-2-3-12(18)8-16(11)20/h2-5,8-10H,6-7,19H2,1H3. The van der Waals surface area contributed by atoms with Crippen LogP contribution in [0, 0.1) is 5.82 Å². The number of halogens is 2. The van der Waals surface area contributed by atoms with Gasteiger partial charge < -0.3 is 10.6 Å². The lowest BCUT2D eigenvalue weighted by Gasteiger charge is -2.21. The van der Waals surface area contributed by atoms with Gasteiger partial charge in [0, 0.05) is 28.4 Å². The smallest absolute Gasteiger partial charge is 0.125 e. The molecule has 1 aliphatic heterocycles. The van der Waals surface area contributed by atoms with E-state index in [1.54, 1.807) is 6.07 Å². The fourth-order valence-corrected chi connectivity index (χ4v) is 3.40. The number of hydrogen-bond acceptors (Lipinski definition) is 2. The second kappa shape index (κ2) is 5.19. The first-order chi connectivity index (χ1) is 9.56. The van der Waals surface area contributed by atoms with Crippen molar-refractivity contribution in [1.82, 2.24) is 0 Å². The van der Waals surface area contributed by atoms with Crippen molar-refractivity contribution in [3.8, 4) is 0 Å². The Bertz CT molecular complexity index is 655. The molecule has 1 aliphatic rings. The number of anilines is 2. The zero-order valence-corrected chi connectivity index (χ0v) is 12.8. The molecule has 2 N–H and O–H groups in total. The van der Waals surface area contributed by atoms with Crippen LogP contribution in [0.2, 0.25) is 0 Å². The zero-order chi connectivity index (χ0) is 14.3. The highest BCUT2D eigenvalue weighted by atomic mass is 79.9. The van der Waals surface area contributed by atoms with E-state index in [2.05, 4.69) is 26.9 Å². The zero-order valence-electron chi connectivity index (χ0n) is 11.2. The first kappa shape index (κ1) is 13.6. The van der Waals surface area contributed by atoms with Gasteiger partial charge in [0.25, 0.3) is 0 Å². The predicted molar refractivity (Wildman–Crippen MR) is 83.9 cm³/mol. The molecule has 0 saturated heterocycles. The Morgan fingerprint density at radius 1 is 1.25 bits per heavy atom. The normalized spacial score (nSPS) is 15.3. The molecule has 0 bridgehead atoms. The van der Waals surface area contributed by atoms with Crippen molar-refractivity contribution in [2.45, 2.75) is 19.4 Å². The molecule has 0 amide bonds. The summed E-state index contributed by atoms with van der Waals surface area (Å²) in [6, 6.07) is 11.1. The molecule has 2 aromatic carbocycles. The van der Waals surface area contributed by atoms with Gasteiger partial charge >= 0.3 is 0 Å². The summed E-state index contributed by atoms with van der Waals surface area (Å²) in [6.45, 7) is 2.84. The van der Waals surface area contributed by atoms with E-state index in [4.69, 9.17) is 5.73 Å². The van der Waals surface area contributed by atoms with Crippen molar-refractivity contribution in [2.24, 2.45) is 5.73 Å². The second-order valence-corrected chi connectivity index (χ2v) is 6.02. The Morgan fingerprint density at radius 3 is 2.75 bits per heavy atom. The molecule has 1 unspecified atom stereocenters. The Kier molecular flexibility index (Phi) is 3.52. The van der Waals surface area contributed by atoms with E-state index in [9.17, 15) is 4.39 Å². The van der Waals surface area contributed by atoms with E-state index in [0.29, 0.717) is 0 Å². The van der Waals surface area contributed by atoms with Crippen molar-refractivity contribution in [3.05, 3.63) is 57.8 Å². The Balaban J connectivity index is 2.00. The molecule has 1 atom stereocenters. The average molecular weight is 335 g/mol. The molecule has 3 rings (SSSR count). The van der Waals surface area contributed by atoms with Crippen LogP contribution in [0.15, 0.2) is 40.9 Å². The van der Waals surface area contributed by atoms with Crippen LogP contribution in [0.3, 0.4) is 0 Å². The number of hydrogen-bond donors (Lipinski definition) is 1. The van der Waals surface area contributed by atoms with Crippen LogP contribution in [0.25, 0.3) is 0 Å². The van der Waals surface area contributed by atoms with Crippen molar-refractivity contribution in [3.63, 3.8) is 0 Å².